The molecule has 2 aliphatic heterocycles. The fourth-order valence-electron chi connectivity index (χ4n) is 3.47. The summed E-state index contributed by atoms with van der Waals surface area (Å²) in [5.41, 5.74) is 1.65. The highest BCUT2D eigenvalue weighted by molar-refractivity contribution is 7.10. The van der Waals surface area contributed by atoms with E-state index in [0.717, 1.165) is 16.3 Å². The molecule has 0 aliphatic carbocycles. The zero-order valence-corrected chi connectivity index (χ0v) is 12.4. The van der Waals surface area contributed by atoms with E-state index in [0.29, 0.717) is 12.1 Å². The number of carbonyl (C=O) groups excluding carboxylic acids is 1. The monoisotopic (exact) mass is 279 g/mol. The fraction of sp³-hybridized carbons (Fsp3) is 0.714. The van der Waals surface area contributed by atoms with Crippen LogP contribution in [0.2, 0.25) is 0 Å². The minimum absolute atomic E-state index is 0.118. The number of rotatable bonds is 3. The fourth-order valence-corrected chi connectivity index (χ4v) is 4.37. The average Bonchev–Trinajstić information content (AvgIpc) is 2.95. The number of hydrogen-bond acceptors (Lipinski definition) is 5. The van der Waals surface area contributed by atoms with Crippen LogP contribution in [0.5, 0.6) is 0 Å². The van der Waals surface area contributed by atoms with Gasteiger partial charge in [0, 0.05) is 18.6 Å². The molecular formula is C14H21N3OS. The first kappa shape index (κ1) is 13.1. The van der Waals surface area contributed by atoms with Crippen LogP contribution in [0, 0.1) is 6.92 Å². The first-order valence-electron chi connectivity index (χ1n) is 7.14. The van der Waals surface area contributed by atoms with Gasteiger partial charge in [-0.3, -0.25) is 9.69 Å². The number of ketones is 1. The number of nitrogens with zero attached hydrogens (tertiary/aromatic N) is 2. The highest BCUT2D eigenvalue weighted by atomic mass is 32.1. The Kier molecular flexibility index (Phi) is 3.58. The van der Waals surface area contributed by atoms with E-state index >= 15 is 0 Å². The third-order valence-electron chi connectivity index (χ3n) is 4.39. The second kappa shape index (κ2) is 5.21. The Hall–Kier alpha value is -0.940. The molecule has 5 heteroatoms. The quantitative estimate of drug-likeness (QED) is 0.864. The number of carbonyl (C=O) groups is 1. The number of hydrogen-bond donors (Lipinski definition) is 1. The Balaban J connectivity index is 1.77. The molecule has 0 saturated carbocycles. The van der Waals surface area contributed by atoms with Crippen molar-refractivity contribution in [3.63, 3.8) is 0 Å². The Morgan fingerprint density at radius 2 is 2.21 bits per heavy atom. The Morgan fingerprint density at radius 3 is 3.00 bits per heavy atom. The smallest absolute Gasteiger partial charge is 0.164 e. The molecule has 3 heterocycles. The van der Waals surface area contributed by atoms with Crippen molar-refractivity contribution >= 4 is 22.3 Å². The van der Waals surface area contributed by atoms with Gasteiger partial charge in [-0.05, 0) is 51.2 Å². The first-order valence-corrected chi connectivity index (χ1v) is 7.92. The lowest BCUT2D eigenvalue weighted by Crippen LogP contribution is -2.41. The zero-order chi connectivity index (χ0) is 13.4. The number of aryl methyl sites for hydroxylation is 1. The molecule has 0 aromatic carbocycles. The molecule has 2 aliphatic rings. The van der Waals surface area contributed by atoms with Gasteiger partial charge in [-0.25, -0.2) is 0 Å². The van der Waals surface area contributed by atoms with Gasteiger partial charge in [0.2, 0.25) is 0 Å². The molecule has 2 fully saturated rings. The summed E-state index contributed by atoms with van der Waals surface area (Å²) in [6, 6.07) is 1.13. The molecule has 4 nitrogen and oxygen atoms in total. The van der Waals surface area contributed by atoms with Crippen molar-refractivity contribution in [2.45, 2.75) is 51.6 Å². The van der Waals surface area contributed by atoms with Crippen LogP contribution in [-0.4, -0.2) is 40.2 Å². The molecule has 1 N–H and O–H groups in total. The van der Waals surface area contributed by atoms with E-state index in [-0.39, 0.29) is 5.78 Å². The predicted molar refractivity (Wildman–Crippen MR) is 78.1 cm³/mol. The van der Waals surface area contributed by atoms with E-state index in [1.54, 1.807) is 6.92 Å². The maximum atomic E-state index is 11.7. The minimum atomic E-state index is 0.118. The second-order valence-corrected chi connectivity index (χ2v) is 6.44. The lowest BCUT2D eigenvalue weighted by atomic mass is 9.99. The standard InChI is InChI=1S/C14H21N3OS/c1-9-13(10(2)18)14(19-16-9)15-11-6-8-17-7-4-3-5-12(11)17/h11-12,15H,3-8H2,1-2H3. The predicted octanol–water partition coefficient (Wildman–Crippen LogP) is 2.69. The summed E-state index contributed by atoms with van der Waals surface area (Å²) in [6.07, 6.45) is 5.13. The van der Waals surface area contributed by atoms with Gasteiger partial charge in [0.25, 0.3) is 0 Å². The van der Waals surface area contributed by atoms with Gasteiger partial charge in [-0.1, -0.05) is 6.42 Å². The normalized spacial score (nSPS) is 27.3. The van der Waals surface area contributed by atoms with E-state index in [2.05, 4.69) is 14.6 Å². The third-order valence-corrected chi connectivity index (χ3v) is 5.26. The molecule has 2 atom stereocenters. The SMILES string of the molecule is CC(=O)c1c(C)nsc1NC1CCN2CCCCC12. The van der Waals surface area contributed by atoms with E-state index in [9.17, 15) is 4.79 Å². The van der Waals surface area contributed by atoms with Crippen molar-refractivity contribution in [2.24, 2.45) is 0 Å². The molecule has 0 radical (unpaired) electrons. The number of anilines is 1. The van der Waals surface area contributed by atoms with E-state index in [1.807, 2.05) is 6.92 Å². The van der Waals surface area contributed by atoms with Gasteiger partial charge in [-0.2, -0.15) is 4.37 Å². The van der Waals surface area contributed by atoms with Crippen LogP contribution in [0.3, 0.4) is 0 Å². The van der Waals surface area contributed by atoms with Crippen LogP contribution >= 0.6 is 11.5 Å². The van der Waals surface area contributed by atoms with Crippen molar-refractivity contribution < 1.29 is 4.79 Å². The van der Waals surface area contributed by atoms with E-state index in [1.165, 1.54) is 50.3 Å². The van der Waals surface area contributed by atoms with Gasteiger partial charge in [0.1, 0.15) is 5.00 Å². The molecule has 3 rings (SSSR count). The number of nitrogens with one attached hydrogen (secondary N) is 1. The van der Waals surface area contributed by atoms with Gasteiger partial charge in [-0.15, -0.1) is 0 Å². The summed E-state index contributed by atoms with van der Waals surface area (Å²) >= 11 is 1.43. The van der Waals surface area contributed by atoms with Crippen LogP contribution in [0.25, 0.3) is 0 Å². The molecular weight excluding hydrogens is 258 g/mol. The highest BCUT2D eigenvalue weighted by Gasteiger charge is 2.36. The van der Waals surface area contributed by atoms with Crippen LogP contribution < -0.4 is 5.32 Å². The van der Waals surface area contributed by atoms with Gasteiger partial charge in [0.05, 0.1) is 11.3 Å². The summed E-state index contributed by atoms with van der Waals surface area (Å²) in [5, 5.41) is 4.58. The van der Waals surface area contributed by atoms with Gasteiger partial charge in [0.15, 0.2) is 5.78 Å². The first-order chi connectivity index (χ1) is 9.16. The molecule has 2 saturated heterocycles. The van der Waals surface area contributed by atoms with Crippen molar-refractivity contribution in [1.82, 2.24) is 9.27 Å². The maximum Gasteiger partial charge on any atom is 0.164 e. The zero-order valence-electron chi connectivity index (χ0n) is 11.6. The average molecular weight is 279 g/mol. The van der Waals surface area contributed by atoms with E-state index in [4.69, 9.17) is 0 Å². The summed E-state index contributed by atoms with van der Waals surface area (Å²) in [6.45, 7) is 5.98. The highest BCUT2D eigenvalue weighted by Crippen LogP contribution is 2.32. The van der Waals surface area contributed by atoms with Crippen molar-refractivity contribution in [3.05, 3.63) is 11.3 Å². The van der Waals surface area contributed by atoms with E-state index < -0.39 is 0 Å². The topological polar surface area (TPSA) is 45.2 Å². The second-order valence-electron chi connectivity index (χ2n) is 5.67. The van der Waals surface area contributed by atoms with Gasteiger partial charge >= 0.3 is 0 Å². The van der Waals surface area contributed by atoms with Crippen molar-refractivity contribution in [1.29, 1.82) is 0 Å². The third kappa shape index (κ3) is 2.41. The molecule has 2 unspecified atom stereocenters. The summed E-state index contributed by atoms with van der Waals surface area (Å²) in [7, 11) is 0. The molecule has 19 heavy (non-hydrogen) atoms. The molecule has 0 spiro atoms. The molecule has 1 aromatic rings. The number of aromatic nitrogens is 1. The molecule has 104 valence electrons. The Labute approximate surface area is 118 Å². The molecule has 0 bridgehead atoms. The lowest BCUT2D eigenvalue weighted by Gasteiger charge is -2.32. The van der Waals surface area contributed by atoms with Crippen LogP contribution in [0.1, 0.15) is 48.7 Å². The number of piperidine rings is 1. The van der Waals surface area contributed by atoms with Crippen molar-refractivity contribution in [3.8, 4) is 0 Å². The number of fused-ring (bicyclic) bond motifs is 1. The van der Waals surface area contributed by atoms with Crippen LogP contribution in [0.4, 0.5) is 5.00 Å². The largest absolute Gasteiger partial charge is 0.371 e. The Morgan fingerprint density at radius 1 is 1.37 bits per heavy atom. The number of Topliss-reactive ketones (excluding diaryl/α,β-unsaturated/α-hetero) is 1. The van der Waals surface area contributed by atoms with Crippen LogP contribution in [-0.2, 0) is 0 Å². The van der Waals surface area contributed by atoms with Crippen LogP contribution in [0.15, 0.2) is 0 Å². The van der Waals surface area contributed by atoms with Gasteiger partial charge < -0.3 is 5.32 Å². The van der Waals surface area contributed by atoms with Crippen molar-refractivity contribution in [2.75, 3.05) is 18.4 Å². The summed E-state index contributed by atoms with van der Waals surface area (Å²) < 4.78 is 4.33. The Bertz CT molecular complexity index is 485. The minimum Gasteiger partial charge on any atom is -0.371 e. The maximum absolute atomic E-state index is 11.7. The molecule has 0 amide bonds. The molecule has 1 aromatic heterocycles. The summed E-state index contributed by atoms with van der Waals surface area (Å²) in [4.78, 5) is 14.3. The summed E-state index contributed by atoms with van der Waals surface area (Å²) in [5.74, 6) is 0.118. The lowest BCUT2D eigenvalue weighted by molar-refractivity contribution is 0.101.